The summed E-state index contributed by atoms with van der Waals surface area (Å²) in [7, 11) is 4.06. The molecule has 0 radical (unpaired) electrons. The molecule has 0 amide bonds. The van der Waals surface area contributed by atoms with Crippen molar-refractivity contribution in [1.82, 2.24) is 10.3 Å². The van der Waals surface area contributed by atoms with Crippen LogP contribution in [0.1, 0.15) is 29.0 Å². The SMILES string of the molecule is CNC(C)c1cnc(N(C)Cc2cccc(C)c2)s1. The van der Waals surface area contributed by atoms with Crippen molar-refractivity contribution in [2.24, 2.45) is 0 Å². The Morgan fingerprint density at radius 3 is 2.89 bits per heavy atom. The fraction of sp³-hybridized carbons (Fsp3) is 0.400. The van der Waals surface area contributed by atoms with E-state index in [4.69, 9.17) is 0 Å². The smallest absolute Gasteiger partial charge is 0.185 e. The molecule has 102 valence electrons. The van der Waals surface area contributed by atoms with Gasteiger partial charge in [0.05, 0.1) is 0 Å². The van der Waals surface area contributed by atoms with Crippen LogP contribution in [0.4, 0.5) is 5.13 Å². The predicted molar refractivity (Wildman–Crippen MR) is 82.9 cm³/mol. The molecule has 1 unspecified atom stereocenters. The van der Waals surface area contributed by atoms with Crippen molar-refractivity contribution >= 4 is 16.5 Å². The van der Waals surface area contributed by atoms with Gasteiger partial charge in [0.15, 0.2) is 5.13 Å². The Kier molecular flexibility index (Phi) is 4.56. The summed E-state index contributed by atoms with van der Waals surface area (Å²) in [6.45, 7) is 5.17. The zero-order valence-electron chi connectivity index (χ0n) is 12.0. The summed E-state index contributed by atoms with van der Waals surface area (Å²) in [4.78, 5) is 7.98. The van der Waals surface area contributed by atoms with Crippen LogP contribution in [0.5, 0.6) is 0 Å². The van der Waals surface area contributed by atoms with Crippen molar-refractivity contribution in [2.45, 2.75) is 26.4 Å². The van der Waals surface area contributed by atoms with Gasteiger partial charge in [0.25, 0.3) is 0 Å². The number of aromatic nitrogens is 1. The van der Waals surface area contributed by atoms with Gasteiger partial charge in [-0.2, -0.15) is 0 Å². The number of thiazole rings is 1. The number of benzene rings is 1. The molecule has 0 saturated carbocycles. The van der Waals surface area contributed by atoms with E-state index in [0.29, 0.717) is 6.04 Å². The quantitative estimate of drug-likeness (QED) is 0.907. The number of hydrogen-bond acceptors (Lipinski definition) is 4. The summed E-state index contributed by atoms with van der Waals surface area (Å²) in [6.07, 6.45) is 1.97. The van der Waals surface area contributed by atoms with Crippen molar-refractivity contribution in [3.63, 3.8) is 0 Å². The van der Waals surface area contributed by atoms with Crippen molar-refractivity contribution < 1.29 is 0 Å². The molecule has 3 nitrogen and oxygen atoms in total. The number of nitrogens with one attached hydrogen (secondary N) is 1. The monoisotopic (exact) mass is 275 g/mol. The Hall–Kier alpha value is -1.39. The van der Waals surface area contributed by atoms with E-state index in [-0.39, 0.29) is 0 Å². The Morgan fingerprint density at radius 2 is 2.21 bits per heavy atom. The average Bonchev–Trinajstić information content (AvgIpc) is 2.87. The van der Waals surface area contributed by atoms with Gasteiger partial charge >= 0.3 is 0 Å². The molecule has 1 atom stereocenters. The first kappa shape index (κ1) is 14.0. The second-order valence-electron chi connectivity index (χ2n) is 4.90. The molecule has 0 aliphatic rings. The van der Waals surface area contributed by atoms with Crippen LogP contribution in [0, 0.1) is 6.92 Å². The predicted octanol–water partition coefficient (Wildman–Crippen LogP) is 3.37. The topological polar surface area (TPSA) is 28.2 Å². The molecule has 0 bridgehead atoms. The molecule has 4 heteroatoms. The van der Waals surface area contributed by atoms with Crippen LogP contribution < -0.4 is 10.2 Å². The maximum Gasteiger partial charge on any atom is 0.185 e. The largest absolute Gasteiger partial charge is 0.347 e. The number of rotatable bonds is 5. The lowest BCUT2D eigenvalue weighted by Crippen LogP contribution is -2.16. The van der Waals surface area contributed by atoms with E-state index in [0.717, 1.165) is 11.7 Å². The second-order valence-corrected chi connectivity index (χ2v) is 5.94. The van der Waals surface area contributed by atoms with E-state index >= 15 is 0 Å². The van der Waals surface area contributed by atoms with Crippen LogP contribution in [0.3, 0.4) is 0 Å². The van der Waals surface area contributed by atoms with Gasteiger partial charge in [-0.05, 0) is 26.5 Å². The van der Waals surface area contributed by atoms with E-state index in [1.165, 1.54) is 16.0 Å². The highest BCUT2D eigenvalue weighted by molar-refractivity contribution is 7.15. The van der Waals surface area contributed by atoms with E-state index in [1.54, 1.807) is 11.3 Å². The fourth-order valence-electron chi connectivity index (χ4n) is 1.95. The highest BCUT2D eigenvalue weighted by Crippen LogP contribution is 2.27. The van der Waals surface area contributed by atoms with Gasteiger partial charge in [0.1, 0.15) is 0 Å². The van der Waals surface area contributed by atoms with Gasteiger partial charge in [0, 0.05) is 30.7 Å². The maximum absolute atomic E-state index is 4.51. The molecule has 0 aliphatic carbocycles. The first-order valence-electron chi connectivity index (χ1n) is 6.50. The number of hydrogen-bond donors (Lipinski definition) is 1. The molecule has 0 fully saturated rings. The molecule has 2 rings (SSSR count). The Bertz CT molecular complexity index is 536. The number of anilines is 1. The molecular weight excluding hydrogens is 254 g/mol. The maximum atomic E-state index is 4.51. The van der Waals surface area contributed by atoms with Crippen molar-refractivity contribution in [3.05, 3.63) is 46.5 Å². The van der Waals surface area contributed by atoms with Gasteiger partial charge < -0.3 is 10.2 Å². The number of aryl methyl sites for hydroxylation is 1. The molecule has 0 aliphatic heterocycles. The summed E-state index contributed by atoms with van der Waals surface area (Å²) in [6, 6.07) is 8.97. The van der Waals surface area contributed by atoms with Crippen LogP contribution >= 0.6 is 11.3 Å². The normalized spacial score (nSPS) is 12.4. The van der Waals surface area contributed by atoms with E-state index in [2.05, 4.69) is 60.4 Å². The van der Waals surface area contributed by atoms with Gasteiger partial charge in [0.2, 0.25) is 0 Å². The lowest BCUT2D eigenvalue weighted by atomic mass is 10.1. The molecule has 0 saturated heterocycles. The highest BCUT2D eigenvalue weighted by atomic mass is 32.1. The van der Waals surface area contributed by atoms with Crippen LogP contribution in [-0.4, -0.2) is 19.1 Å². The van der Waals surface area contributed by atoms with Gasteiger partial charge in [-0.15, -0.1) is 11.3 Å². The third-order valence-corrected chi connectivity index (χ3v) is 4.49. The number of nitrogens with zero attached hydrogens (tertiary/aromatic N) is 2. The summed E-state index contributed by atoms with van der Waals surface area (Å²) in [5, 5.41) is 4.31. The Balaban J connectivity index is 2.07. The fourth-order valence-corrected chi connectivity index (χ4v) is 2.88. The standard InChI is InChI=1S/C15H21N3S/c1-11-6-5-7-13(8-11)10-18(4)15-17-9-14(19-15)12(2)16-3/h5-9,12,16H,10H2,1-4H3. The first-order chi connectivity index (χ1) is 9.10. The molecule has 1 heterocycles. The minimum absolute atomic E-state index is 0.360. The Morgan fingerprint density at radius 1 is 1.42 bits per heavy atom. The molecule has 2 aromatic rings. The third-order valence-electron chi connectivity index (χ3n) is 3.20. The van der Waals surface area contributed by atoms with Crippen LogP contribution in [0.25, 0.3) is 0 Å². The van der Waals surface area contributed by atoms with Gasteiger partial charge in [-0.1, -0.05) is 29.8 Å². The lowest BCUT2D eigenvalue weighted by Gasteiger charge is -2.16. The highest BCUT2D eigenvalue weighted by Gasteiger charge is 2.11. The summed E-state index contributed by atoms with van der Waals surface area (Å²) < 4.78 is 0. The minimum Gasteiger partial charge on any atom is -0.347 e. The third kappa shape index (κ3) is 3.55. The molecular formula is C15H21N3S. The molecule has 19 heavy (non-hydrogen) atoms. The second kappa shape index (κ2) is 6.17. The van der Waals surface area contributed by atoms with Crippen LogP contribution in [0.15, 0.2) is 30.5 Å². The molecule has 0 spiro atoms. The van der Waals surface area contributed by atoms with Gasteiger partial charge in [-0.25, -0.2) is 4.98 Å². The minimum atomic E-state index is 0.360. The Labute approximate surface area is 119 Å². The summed E-state index contributed by atoms with van der Waals surface area (Å²) in [5.41, 5.74) is 2.62. The first-order valence-corrected chi connectivity index (χ1v) is 7.31. The van der Waals surface area contributed by atoms with Gasteiger partial charge in [-0.3, -0.25) is 0 Å². The molecule has 1 N–H and O–H groups in total. The summed E-state index contributed by atoms with van der Waals surface area (Å²) in [5.74, 6) is 0. The van der Waals surface area contributed by atoms with Crippen molar-refractivity contribution in [3.8, 4) is 0 Å². The zero-order chi connectivity index (χ0) is 13.8. The van der Waals surface area contributed by atoms with Crippen LogP contribution in [-0.2, 0) is 6.54 Å². The lowest BCUT2D eigenvalue weighted by molar-refractivity contribution is 0.662. The zero-order valence-corrected chi connectivity index (χ0v) is 12.8. The average molecular weight is 275 g/mol. The molecule has 1 aromatic carbocycles. The van der Waals surface area contributed by atoms with Crippen LogP contribution in [0.2, 0.25) is 0 Å². The van der Waals surface area contributed by atoms with Crippen molar-refractivity contribution in [1.29, 1.82) is 0 Å². The van der Waals surface area contributed by atoms with E-state index in [1.807, 2.05) is 13.2 Å². The van der Waals surface area contributed by atoms with Crippen molar-refractivity contribution in [2.75, 3.05) is 19.0 Å². The summed E-state index contributed by atoms with van der Waals surface area (Å²) >= 11 is 1.75. The molecule has 1 aromatic heterocycles. The van der Waals surface area contributed by atoms with E-state index in [9.17, 15) is 0 Å². The van der Waals surface area contributed by atoms with E-state index < -0.39 is 0 Å².